The summed E-state index contributed by atoms with van der Waals surface area (Å²) < 4.78 is 0. The maximum atomic E-state index is 13.6. The zero-order valence-electron chi connectivity index (χ0n) is 36.6. The van der Waals surface area contributed by atoms with Gasteiger partial charge in [0.2, 0.25) is 53.2 Å². The lowest BCUT2D eigenvalue weighted by molar-refractivity contribution is -0.144. The fourth-order valence-corrected chi connectivity index (χ4v) is 5.79. The number of nitrogens with one attached hydrogen (secondary N) is 7. The summed E-state index contributed by atoms with van der Waals surface area (Å²) in [6, 6.07) is -12.5. The maximum absolute atomic E-state index is 13.6. The van der Waals surface area contributed by atoms with Crippen molar-refractivity contribution in [2.75, 3.05) is 6.54 Å². The first-order valence-electron chi connectivity index (χ1n) is 20.5. The van der Waals surface area contributed by atoms with E-state index in [-0.39, 0.29) is 18.8 Å². The number of aliphatic carboxylic acids is 3. The normalized spacial score (nSPS) is 15.2. The van der Waals surface area contributed by atoms with E-state index in [0.29, 0.717) is 25.8 Å². The molecule has 26 nitrogen and oxygen atoms in total. The molecule has 0 aromatic heterocycles. The molecule has 0 aliphatic carbocycles. The fourth-order valence-electron chi connectivity index (χ4n) is 5.79. The molecule has 0 saturated heterocycles. The van der Waals surface area contributed by atoms with Crippen LogP contribution in [-0.4, -0.2) is 141 Å². The molecule has 0 unspecified atom stereocenters. The molecule has 0 rings (SSSR count). The molecule has 26 heteroatoms. The summed E-state index contributed by atoms with van der Waals surface area (Å²) in [5, 5.41) is 44.0. The van der Waals surface area contributed by atoms with E-state index in [0.717, 1.165) is 0 Å². The van der Waals surface area contributed by atoms with Gasteiger partial charge in [-0.25, -0.2) is 4.79 Å². The molecule has 64 heavy (non-hydrogen) atoms. The average Bonchev–Trinajstić information content (AvgIpc) is 3.18. The van der Waals surface area contributed by atoms with E-state index >= 15 is 0 Å². The zero-order valence-corrected chi connectivity index (χ0v) is 36.6. The van der Waals surface area contributed by atoms with Crippen LogP contribution in [0.5, 0.6) is 0 Å². The third-order valence-electron chi connectivity index (χ3n) is 9.54. The van der Waals surface area contributed by atoms with Gasteiger partial charge in [0.1, 0.15) is 42.3 Å². The molecule has 0 spiro atoms. The zero-order chi connectivity index (χ0) is 49.4. The van der Waals surface area contributed by atoms with Crippen LogP contribution in [0.15, 0.2) is 0 Å². The number of carboxylic acid groups (broad SMARTS) is 3. The largest absolute Gasteiger partial charge is 0.481 e. The van der Waals surface area contributed by atoms with Crippen LogP contribution >= 0.6 is 0 Å². The number of carbonyl (C=O) groups excluding carboxylic acids is 9. The molecule has 0 bridgehead atoms. The maximum Gasteiger partial charge on any atom is 0.326 e. The Kier molecular flexibility index (Phi) is 26.1. The second kappa shape index (κ2) is 29.0. The first-order valence-corrected chi connectivity index (χ1v) is 20.5. The summed E-state index contributed by atoms with van der Waals surface area (Å²) in [6.45, 7) is 8.25. The van der Waals surface area contributed by atoms with E-state index in [2.05, 4.69) is 31.9 Å². The predicted octanol–water partition coefficient (Wildman–Crippen LogP) is -4.88. The van der Waals surface area contributed by atoms with E-state index in [1.165, 1.54) is 6.92 Å². The van der Waals surface area contributed by atoms with Crippen LogP contribution in [0.4, 0.5) is 0 Å². The Hall–Kier alpha value is -6.44. The van der Waals surface area contributed by atoms with Gasteiger partial charge in [-0.2, -0.15) is 0 Å². The Labute approximate surface area is 369 Å². The molecule has 9 amide bonds. The molecule has 9 atom stereocenters. The molecule has 0 aliphatic rings. The molecule has 0 aromatic rings. The van der Waals surface area contributed by atoms with Crippen molar-refractivity contribution < 1.29 is 72.9 Å². The molecule has 0 fully saturated rings. The summed E-state index contributed by atoms with van der Waals surface area (Å²) in [5.74, 6) is -15.0. The number of hydrogen-bond donors (Lipinski definition) is 14. The summed E-state index contributed by atoms with van der Waals surface area (Å²) in [6.07, 6.45) is -2.34. The minimum Gasteiger partial charge on any atom is -0.481 e. The number of hydrogen-bond acceptors (Lipinski definition) is 14. The lowest BCUT2D eigenvalue weighted by Crippen LogP contribution is -2.60. The highest BCUT2D eigenvalue weighted by Gasteiger charge is 2.36. The molecule has 0 radical (unpaired) electrons. The van der Waals surface area contributed by atoms with Gasteiger partial charge >= 0.3 is 17.9 Å². The Morgan fingerprint density at radius 3 is 1.48 bits per heavy atom. The van der Waals surface area contributed by atoms with Gasteiger partial charge in [0.25, 0.3) is 0 Å². The van der Waals surface area contributed by atoms with Crippen molar-refractivity contribution >= 4 is 71.1 Å². The van der Waals surface area contributed by atoms with Gasteiger partial charge in [0.05, 0.1) is 25.3 Å². The van der Waals surface area contributed by atoms with E-state index in [4.69, 9.17) is 22.9 Å². The van der Waals surface area contributed by atoms with Crippen LogP contribution in [0.25, 0.3) is 0 Å². The van der Waals surface area contributed by atoms with Crippen LogP contribution in [-0.2, 0) is 57.5 Å². The third-order valence-corrected chi connectivity index (χ3v) is 9.54. The monoisotopic (exact) mass is 915 g/mol. The van der Waals surface area contributed by atoms with Crippen molar-refractivity contribution in [1.82, 2.24) is 37.2 Å². The molecular weight excluding hydrogens is 850 g/mol. The van der Waals surface area contributed by atoms with E-state index in [9.17, 15) is 72.9 Å². The highest BCUT2D eigenvalue weighted by Crippen LogP contribution is 2.12. The third kappa shape index (κ3) is 22.6. The molecule has 362 valence electrons. The van der Waals surface area contributed by atoms with Gasteiger partial charge in [-0.05, 0) is 51.0 Å². The Bertz CT molecular complexity index is 1700. The smallest absolute Gasteiger partial charge is 0.326 e. The number of carboxylic acids is 3. The average molecular weight is 916 g/mol. The van der Waals surface area contributed by atoms with Gasteiger partial charge in [-0.3, -0.25) is 52.7 Å². The van der Waals surface area contributed by atoms with Crippen LogP contribution < -0.4 is 60.2 Å². The summed E-state index contributed by atoms with van der Waals surface area (Å²) in [7, 11) is 0. The van der Waals surface area contributed by atoms with Crippen molar-refractivity contribution in [2.24, 2.45) is 34.8 Å². The van der Waals surface area contributed by atoms with Gasteiger partial charge in [0.15, 0.2) is 0 Å². The molecule has 0 aliphatic heterocycles. The lowest BCUT2D eigenvalue weighted by atomic mass is 9.97. The van der Waals surface area contributed by atoms with Gasteiger partial charge < -0.3 is 75.5 Å². The Balaban J connectivity index is 6.25. The highest BCUT2D eigenvalue weighted by atomic mass is 16.4. The van der Waals surface area contributed by atoms with Crippen LogP contribution in [0.3, 0.4) is 0 Å². The molecule has 0 heterocycles. The molecule has 0 aromatic carbocycles. The lowest BCUT2D eigenvalue weighted by Gasteiger charge is -2.28. The predicted molar refractivity (Wildman–Crippen MR) is 223 cm³/mol. The van der Waals surface area contributed by atoms with Crippen molar-refractivity contribution in [3.05, 3.63) is 0 Å². The van der Waals surface area contributed by atoms with Gasteiger partial charge in [-0.15, -0.1) is 0 Å². The van der Waals surface area contributed by atoms with Crippen molar-refractivity contribution in [3.8, 4) is 0 Å². The quantitative estimate of drug-likeness (QED) is 0.0281. The first kappa shape index (κ1) is 57.6. The molecular formula is C38H65N11O15. The molecule has 18 N–H and O–H groups in total. The first-order chi connectivity index (χ1) is 29.7. The Morgan fingerprint density at radius 2 is 0.984 bits per heavy atom. The number of nitrogens with two attached hydrogens (primary N) is 4. The van der Waals surface area contributed by atoms with E-state index < -0.39 is 157 Å². The number of carbonyl (C=O) groups is 12. The van der Waals surface area contributed by atoms with Crippen molar-refractivity contribution in [1.29, 1.82) is 0 Å². The van der Waals surface area contributed by atoms with Crippen LogP contribution in [0.1, 0.15) is 98.8 Å². The minimum atomic E-state index is -1.87. The Morgan fingerprint density at radius 1 is 0.516 bits per heavy atom. The number of amides is 9. The number of unbranched alkanes of at least 4 members (excludes halogenated alkanes) is 1. The van der Waals surface area contributed by atoms with E-state index in [1.807, 2.05) is 5.32 Å². The number of rotatable bonds is 32. The van der Waals surface area contributed by atoms with Crippen molar-refractivity contribution in [3.63, 3.8) is 0 Å². The van der Waals surface area contributed by atoms with Crippen LogP contribution in [0, 0.1) is 11.8 Å². The SMILES string of the molecule is CC[C@H](C)[C@H](NC(=O)[C@@H](N)CCCCN)C(=O)N[C@@H](CC(=O)O)C(=O)N[C@@H](C)C(=O)N[C@@H](CC(C)C)C(=O)N[C@@H](CC(N)=O)C(=O)N[C@@H](CCC(=O)O)C(=O)N[C@@H](CC(N)=O)C(=O)O. The summed E-state index contributed by atoms with van der Waals surface area (Å²) in [4.78, 5) is 151. The standard InChI is InChI=1S/C38H65N11O15/c1-6-18(4)30(49-32(57)20(40)9-7-8-12-39)37(62)47-24(16-29(54)55)34(59)43-19(5)31(56)45-22(13-17(2)3)35(60)46-23(14-26(41)50)36(61)44-21(10-11-28(52)53)33(58)48-25(38(63)64)15-27(42)51/h17-25,30H,6-16,39-40H2,1-5H3,(H2,41,50)(H2,42,51)(H,43,59)(H,44,61)(H,45,56)(H,46,60)(H,47,62)(H,48,58)(H,49,57)(H,52,53)(H,54,55)(H,63,64)/t18-,19-,20-,21-,22-,23-,24-,25-,30-/m0/s1. The van der Waals surface area contributed by atoms with Crippen LogP contribution in [0.2, 0.25) is 0 Å². The van der Waals surface area contributed by atoms with Gasteiger partial charge in [0, 0.05) is 6.42 Å². The second-order valence-corrected chi connectivity index (χ2v) is 15.6. The van der Waals surface area contributed by atoms with Gasteiger partial charge in [-0.1, -0.05) is 40.5 Å². The second-order valence-electron chi connectivity index (χ2n) is 15.6. The summed E-state index contributed by atoms with van der Waals surface area (Å²) in [5.41, 5.74) is 21.8. The fraction of sp³-hybridized carbons (Fsp3) is 0.684. The molecule has 0 saturated carbocycles. The van der Waals surface area contributed by atoms with E-state index in [1.54, 1.807) is 27.7 Å². The summed E-state index contributed by atoms with van der Waals surface area (Å²) >= 11 is 0. The van der Waals surface area contributed by atoms with Crippen molar-refractivity contribution in [2.45, 2.75) is 147 Å². The highest BCUT2D eigenvalue weighted by molar-refractivity contribution is 5.99. The minimum absolute atomic E-state index is 0.111. The number of primary amides is 2. The topological polar surface area (TPSA) is 454 Å².